The molecule has 0 radical (unpaired) electrons. The van der Waals surface area contributed by atoms with E-state index in [1.807, 2.05) is 6.20 Å². The van der Waals surface area contributed by atoms with E-state index in [1.54, 1.807) is 0 Å². The lowest BCUT2D eigenvalue weighted by atomic mass is 10.2. The molecule has 2 aliphatic rings. The zero-order valence-corrected chi connectivity index (χ0v) is 12.5. The highest BCUT2D eigenvalue weighted by molar-refractivity contribution is 5.35. The third kappa shape index (κ3) is 3.93. The summed E-state index contributed by atoms with van der Waals surface area (Å²) < 4.78 is 0. The largest absolute Gasteiger partial charge is 0.370 e. The van der Waals surface area contributed by atoms with Gasteiger partial charge in [0.2, 0.25) is 0 Å². The second kappa shape index (κ2) is 6.55. The summed E-state index contributed by atoms with van der Waals surface area (Å²) in [6.07, 6.45) is 4.93. The van der Waals surface area contributed by atoms with Crippen LogP contribution in [0.4, 0.5) is 5.82 Å². The fourth-order valence-corrected chi connectivity index (χ4v) is 2.86. The first-order chi connectivity index (χ1) is 9.83. The van der Waals surface area contributed by atoms with Crippen LogP contribution in [-0.2, 0) is 6.54 Å². The lowest BCUT2D eigenvalue weighted by Gasteiger charge is -2.34. The van der Waals surface area contributed by atoms with Crippen LogP contribution in [-0.4, -0.2) is 54.1 Å². The molecule has 0 spiro atoms. The number of pyridine rings is 1. The van der Waals surface area contributed by atoms with Crippen LogP contribution < -0.4 is 5.32 Å². The Bertz CT molecular complexity index is 405. The quantitative estimate of drug-likeness (QED) is 0.860. The van der Waals surface area contributed by atoms with Crippen molar-refractivity contribution in [3.8, 4) is 0 Å². The smallest absolute Gasteiger partial charge is 0.125 e. The van der Waals surface area contributed by atoms with E-state index >= 15 is 0 Å². The first kappa shape index (κ1) is 13.8. The molecule has 1 N–H and O–H groups in total. The minimum atomic E-state index is 0.926. The molecule has 3 rings (SSSR count). The third-order valence-electron chi connectivity index (χ3n) is 4.27. The molecule has 0 aromatic carbocycles. The molecular weight excluding hydrogens is 248 g/mol. The van der Waals surface area contributed by atoms with E-state index < -0.39 is 0 Å². The van der Waals surface area contributed by atoms with Crippen molar-refractivity contribution in [2.75, 3.05) is 44.6 Å². The van der Waals surface area contributed by atoms with Gasteiger partial charge >= 0.3 is 0 Å². The number of nitrogens with one attached hydrogen (secondary N) is 1. The summed E-state index contributed by atoms with van der Waals surface area (Å²) in [5.74, 6) is 2.00. The van der Waals surface area contributed by atoms with Gasteiger partial charge in [0.1, 0.15) is 5.82 Å². The Balaban J connectivity index is 1.43. The maximum absolute atomic E-state index is 4.45. The van der Waals surface area contributed by atoms with Crippen molar-refractivity contribution in [2.45, 2.75) is 26.3 Å². The molecule has 2 heterocycles. The summed E-state index contributed by atoms with van der Waals surface area (Å²) >= 11 is 0. The average Bonchev–Trinajstić information content (AvgIpc) is 3.28. The Labute approximate surface area is 122 Å². The normalized spacial score (nSPS) is 21.1. The SMILES string of the molecule is CCNc1ccc(CN2CCN(CC3CC3)CC2)cn1. The summed E-state index contributed by atoms with van der Waals surface area (Å²) in [4.78, 5) is 9.64. The summed E-state index contributed by atoms with van der Waals surface area (Å²) in [7, 11) is 0. The molecule has 110 valence electrons. The number of piperazine rings is 1. The lowest BCUT2D eigenvalue weighted by Crippen LogP contribution is -2.46. The number of hydrogen-bond donors (Lipinski definition) is 1. The molecule has 1 aromatic heterocycles. The second-order valence-electron chi connectivity index (χ2n) is 6.10. The van der Waals surface area contributed by atoms with Gasteiger partial charge in [-0.3, -0.25) is 4.90 Å². The van der Waals surface area contributed by atoms with Gasteiger partial charge in [-0.25, -0.2) is 4.98 Å². The number of hydrogen-bond acceptors (Lipinski definition) is 4. The van der Waals surface area contributed by atoms with Crippen LogP contribution >= 0.6 is 0 Å². The summed E-state index contributed by atoms with van der Waals surface area (Å²) in [5, 5.41) is 3.24. The summed E-state index contributed by atoms with van der Waals surface area (Å²) in [6, 6.07) is 4.28. The van der Waals surface area contributed by atoms with Crippen LogP contribution in [0.2, 0.25) is 0 Å². The predicted molar refractivity (Wildman–Crippen MR) is 82.8 cm³/mol. The zero-order chi connectivity index (χ0) is 13.8. The van der Waals surface area contributed by atoms with E-state index in [-0.39, 0.29) is 0 Å². The van der Waals surface area contributed by atoms with Gasteiger partial charge in [-0.2, -0.15) is 0 Å². The molecule has 0 amide bonds. The van der Waals surface area contributed by atoms with Crippen molar-refractivity contribution in [1.29, 1.82) is 0 Å². The van der Waals surface area contributed by atoms with E-state index in [0.717, 1.165) is 24.8 Å². The maximum Gasteiger partial charge on any atom is 0.125 e. The van der Waals surface area contributed by atoms with Crippen LogP contribution in [0.25, 0.3) is 0 Å². The van der Waals surface area contributed by atoms with Crippen molar-refractivity contribution < 1.29 is 0 Å². The minimum Gasteiger partial charge on any atom is -0.370 e. The second-order valence-corrected chi connectivity index (χ2v) is 6.10. The predicted octanol–water partition coefficient (Wildman–Crippen LogP) is 2.04. The zero-order valence-electron chi connectivity index (χ0n) is 12.5. The molecule has 1 aliphatic heterocycles. The van der Waals surface area contributed by atoms with Gasteiger partial charge in [0.15, 0.2) is 0 Å². The highest BCUT2D eigenvalue weighted by atomic mass is 15.3. The van der Waals surface area contributed by atoms with Gasteiger partial charge < -0.3 is 10.2 Å². The lowest BCUT2D eigenvalue weighted by molar-refractivity contribution is 0.123. The Morgan fingerprint density at radius 2 is 1.90 bits per heavy atom. The Hall–Kier alpha value is -1.13. The standard InChI is InChI=1S/C16H26N4/c1-2-17-16-6-5-15(11-18-16)13-20-9-7-19(8-10-20)12-14-3-4-14/h5-6,11,14H,2-4,7-10,12-13H2,1H3,(H,17,18). The Morgan fingerprint density at radius 1 is 1.15 bits per heavy atom. The fourth-order valence-electron chi connectivity index (χ4n) is 2.86. The average molecular weight is 274 g/mol. The van der Waals surface area contributed by atoms with Gasteiger partial charge in [0, 0.05) is 52.0 Å². The fraction of sp³-hybridized carbons (Fsp3) is 0.688. The number of nitrogens with zero attached hydrogens (tertiary/aromatic N) is 3. The van der Waals surface area contributed by atoms with Crippen molar-refractivity contribution in [1.82, 2.24) is 14.8 Å². The van der Waals surface area contributed by atoms with E-state index in [1.165, 1.54) is 51.1 Å². The maximum atomic E-state index is 4.45. The molecule has 0 unspecified atom stereocenters. The van der Waals surface area contributed by atoms with Crippen molar-refractivity contribution in [2.24, 2.45) is 5.92 Å². The van der Waals surface area contributed by atoms with E-state index in [2.05, 4.69) is 39.2 Å². The molecule has 4 nitrogen and oxygen atoms in total. The topological polar surface area (TPSA) is 31.4 Å². The van der Waals surface area contributed by atoms with Crippen LogP contribution in [0.15, 0.2) is 18.3 Å². The molecule has 0 atom stereocenters. The molecular formula is C16H26N4. The highest BCUT2D eigenvalue weighted by Crippen LogP contribution is 2.29. The molecule has 1 aliphatic carbocycles. The van der Waals surface area contributed by atoms with E-state index in [9.17, 15) is 0 Å². The molecule has 4 heteroatoms. The van der Waals surface area contributed by atoms with Gasteiger partial charge in [-0.05, 0) is 37.3 Å². The molecule has 1 saturated heterocycles. The summed E-state index contributed by atoms with van der Waals surface area (Å²) in [5.41, 5.74) is 1.32. The van der Waals surface area contributed by atoms with Crippen molar-refractivity contribution in [3.05, 3.63) is 23.9 Å². The number of aromatic nitrogens is 1. The summed E-state index contributed by atoms with van der Waals surface area (Å²) in [6.45, 7) is 10.3. The van der Waals surface area contributed by atoms with Crippen LogP contribution in [0.1, 0.15) is 25.3 Å². The van der Waals surface area contributed by atoms with Gasteiger partial charge in [0.25, 0.3) is 0 Å². The van der Waals surface area contributed by atoms with Crippen molar-refractivity contribution >= 4 is 5.82 Å². The molecule has 2 fully saturated rings. The number of anilines is 1. The van der Waals surface area contributed by atoms with Gasteiger partial charge in [0.05, 0.1) is 0 Å². The van der Waals surface area contributed by atoms with Crippen molar-refractivity contribution in [3.63, 3.8) is 0 Å². The van der Waals surface area contributed by atoms with Crippen LogP contribution in [0.5, 0.6) is 0 Å². The van der Waals surface area contributed by atoms with Crippen LogP contribution in [0.3, 0.4) is 0 Å². The van der Waals surface area contributed by atoms with E-state index in [4.69, 9.17) is 0 Å². The van der Waals surface area contributed by atoms with Gasteiger partial charge in [-0.15, -0.1) is 0 Å². The molecule has 1 saturated carbocycles. The van der Waals surface area contributed by atoms with E-state index in [0.29, 0.717) is 0 Å². The third-order valence-corrected chi connectivity index (χ3v) is 4.27. The van der Waals surface area contributed by atoms with Crippen LogP contribution in [0, 0.1) is 5.92 Å². The number of rotatable bonds is 6. The Morgan fingerprint density at radius 3 is 2.50 bits per heavy atom. The first-order valence-electron chi connectivity index (χ1n) is 7.97. The minimum absolute atomic E-state index is 0.926. The molecule has 0 bridgehead atoms. The first-order valence-corrected chi connectivity index (χ1v) is 7.97. The van der Waals surface area contributed by atoms with Gasteiger partial charge in [-0.1, -0.05) is 6.07 Å². The monoisotopic (exact) mass is 274 g/mol. The molecule has 1 aromatic rings. The highest BCUT2D eigenvalue weighted by Gasteiger charge is 2.26. The Kier molecular flexibility index (Phi) is 4.53. The molecule has 20 heavy (non-hydrogen) atoms.